The first-order valence-electron chi connectivity index (χ1n) is 39.9. The van der Waals surface area contributed by atoms with Gasteiger partial charge in [0.25, 0.3) is 0 Å². The van der Waals surface area contributed by atoms with E-state index in [4.69, 9.17) is 0 Å². The van der Waals surface area contributed by atoms with E-state index in [1.54, 1.807) is 82.9 Å². The van der Waals surface area contributed by atoms with Crippen LogP contribution in [-0.4, -0.2) is 114 Å². The molecular weight excluding hydrogens is 2610 g/mol. The van der Waals surface area contributed by atoms with Crippen LogP contribution in [0.25, 0.3) is 45.3 Å². The first kappa shape index (κ1) is 111. The molecule has 4 aromatic carbocycles. The van der Waals surface area contributed by atoms with Crippen molar-refractivity contribution in [3.63, 3.8) is 0 Å². The molecule has 20 rings (SSSR count). The number of hydrazone groups is 4. The fourth-order valence-corrected chi connectivity index (χ4v) is 11.5. The molecule has 143 heavy (non-hydrogen) atoms. The van der Waals surface area contributed by atoms with Crippen LogP contribution in [0.5, 0.6) is 0 Å². The Morgan fingerprint density at radius 2 is 0.538 bits per heavy atom. The number of halogens is 16. The quantitative estimate of drug-likeness (QED) is 0.0589. The van der Waals surface area contributed by atoms with E-state index in [9.17, 15) is 70.2 Å². The minimum atomic E-state index is -0.990. The van der Waals surface area contributed by atoms with Gasteiger partial charge in [-0.3, -0.25) is 75.0 Å². The summed E-state index contributed by atoms with van der Waals surface area (Å²) in [5, 5.41) is 21.0. The van der Waals surface area contributed by atoms with E-state index in [0.29, 0.717) is 11.4 Å². The molecule has 0 fully saturated rings. The smallest absolute Gasteiger partial charge is 0.463 e. The van der Waals surface area contributed by atoms with Gasteiger partial charge in [-0.05, 0) is 112 Å². The van der Waals surface area contributed by atoms with Gasteiger partial charge in [0.05, 0.1) is 60.8 Å². The van der Waals surface area contributed by atoms with Crippen LogP contribution >= 0.6 is 0 Å². The van der Waals surface area contributed by atoms with Gasteiger partial charge in [0.2, 0.25) is 0 Å². The Kier molecular flexibility index (Phi) is 41.7. The molecule has 16 aromatic rings. The van der Waals surface area contributed by atoms with E-state index in [-0.39, 0.29) is 142 Å². The van der Waals surface area contributed by atoms with Crippen molar-refractivity contribution in [1.82, 2.24) is 74.8 Å². The predicted molar refractivity (Wildman–Crippen MR) is 480 cm³/mol. The summed E-state index contributed by atoms with van der Waals surface area (Å²) in [6, 6.07) is 73.7. The average molecular weight is 2670 g/mol. The number of aromatic nitrogens is 15. The van der Waals surface area contributed by atoms with Crippen molar-refractivity contribution in [1.29, 1.82) is 0 Å². The van der Waals surface area contributed by atoms with Crippen LogP contribution in [0.1, 0.15) is 26.3 Å². The zero-order valence-electron chi connectivity index (χ0n) is 73.5. The van der Waals surface area contributed by atoms with E-state index >= 15 is 0 Å². The molecule has 0 unspecified atom stereocenters. The van der Waals surface area contributed by atoms with Crippen LogP contribution in [0.2, 0.25) is 0 Å². The fourth-order valence-electron chi connectivity index (χ4n) is 11.5. The third kappa shape index (κ3) is 31.4. The third-order valence-electron chi connectivity index (χ3n) is 18.1. The van der Waals surface area contributed by atoms with Crippen molar-refractivity contribution in [3.05, 3.63) is 414 Å². The van der Waals surface area contributed by atoms with Crippen LogP contribution < -0.4 is 44.5 Å². The van der Waals surface area contributed by atoms with Gasteiger partial charge in [-0.15, -0.1) is 75.2 Å². The monoisotopic (exact) mass is 2670 g/mol. The molecule has 4 aliphatic rings. The Labute approximate surface area is 860 Å². The van der Waals surface area contributed by atoms with Crippen molar-refractivity contribution in [2.24, 2.45) is 20.4 Å². The van der Waals surface area contributed by atoms with Gasteiger partial charge >= 0.3 is 80.4 Å². The second kappa shape index (κ2) is 53.4. The van der Waals surface area contributed by atoms with Crippen molar-refractivity contribution < 1.29 is 151 Å². The van der Waals surface area contributed by atoms with Gasteiger partial charge in [0, 0.05) is 67.3 Å². The molecule has 0 aliphatic carbocycles. The van der Waals surface area contributed by atoms with E-state index in [0.717, 1.165) is 82.5 Å². The van der Waals surface area contributed by atoms with Gasteiger partial charge in [0.15, 0.2) is 0 Å². The molecule has 0 saturated heterocycles. The van der Waals surface area contributed by atoms with Crippen molar-refractivity contribution >= 4 is 76.5 Å². The zero-order chi connectivity index (χ0) is 98.7. The van der Waals surface area contributed by atoms with E-state index in [1.807, 2.05) is 146 Å². The first-order chi connectivity index (χ1) is 66.9. The summed E-state index contributed by atoms with van der Waals surface area (Å²) in [7, 11) is 3.73. The van der Waals surface area contributed by atoms with E-state index in [2.05, 4.69) is 164 Å². The number of hydrogen-bond acceptors (Lipinski definition) is 28. The Morgan fingerprint density at radius 1 is 0.280 bits per heavy atom. The van der Waals surface area contributed by atoms with Crippen LogP contribution in [0.4, 0.5) is 121 Å². The minimum Gasteiger partial charge on any atom is -0.463 e. The Bertz CT molecular complexity index is 6430. The normalized spacial score (nSPS) is 12.2. The number of benzene rings is 4. The summed E-state index contributed by atoms with van der Waals surface area (Å²) in [4.78, 5) is 59.9. The van der Waals surface area contributed by atoms with Crippen LogP contribution in [0, 0.1) is 170 Å². The van der Waals surface area contributed by atoms with Gasteiger partial charge in [-0.2, -0.15) is 44.7 Å². The number of pyridine rings is 10. The average Bonchev–Trinajstić information content (AvgIpc) is 1.51. The zero-order valence-corrected chi connectivity index (χ0v) is 83.1. The molecule has 0 spiro atoms. The number of rotatable bonds is 13. The molecular formula is C95H62F16Ir4N28. The summed E-state index contributed by atoms with van der Waals surface area (Å²) < 4.78 is 208. The van der Waals surface area contributed by atoms with Crippen LogP contribution in [0.3, 0.4) is 0 Å². The van der Waals surface area contributed by atoms with Gasteiger partial charge in [0.1, 0.15) is 84.0 Å². The molecule has 12 aromatic heterocycles. The molecule has 0 bridgehead atoms. The molecule has 0 N–H and O–H groups in total. The Balaban J connectivity index is 0.000000182. The van der Waals surface area contributed by atoms with Gasteiger partial charge < -0.3 is 74.4 Å². The molecule has 48 heteroatoms. The Hall–Kier alpha value is -15.2. The molecule has 4 aliphatic heterocycles. The fraction of sp³-hybridized carbons (Fsp3) is 0.0632. The van der Waals surface area contributed by atoms with Crippen molar-refractivity contribution in [3.8, 4) is 45.3 Å². The van der Waals surface area contributed by atoms with Gasteiger partial charge in [-0.1, -0.05) is 152 Å². The number of hydrogen-bond donors (Lipinski definition) is 0. The molecule has 16 heterocycles. The number of para-hydroxylation sites is 4. The Morgan fingerprint density at radius 3 is 0.811 bits per heavy atom. The van der Waals surface area contributed by atoms with Gasteiger partial charge in [-0.25, -0.2) is 40.1 Å². The maximum atomic E-state index is 13.5. The standard InChI is InChI=1S/C14H13F2N2.4C13H8F2N4.C12H10F2N3.C9H4F2N3.C8H3F2N4.4Ir/c1-14(2,3)9-6-7-17-11(8-9)10-4-5-12(15)18-13(10)16;4*14-12-7-6-11(13(15)17-12)19-9-18(8-16-19)10-4-2-1-3-5-10;1-17(2)8-5-6-15-10(7-8)9-3-4-11(13)16-12(9)14;10-7-3-2-6(8(11)14-7)9-12-4-1-5-13-9;9-6-2-1-5(7(10)14-6)8-12-3-11-4-13-8;;;;/h5-8H,1-3H3;4*1-5,7-9H;4-7H,1-2H3;1,3-5H;2-4H;;;;/q-1;4*-2;3*-1;4*+3. The van der Waals surface area contributed by atoms with E-state index in [1.165, 1.54) is 70.4 Å². The second-order valence-electron chi connectivity index (χ2n) is 28.7. The second-order valence-corrected chi connectivity index (χ2v) is 28.7. The summed E-state index contributed by atoms with van der Waals surface area (Å²) >= 11 is 0. The maximum Gasteiger partial charge on any atom is 3.00 e. The third-order valence-corrected chi connectivity index (χ3v) is 18.1. The maximum absolute atomic E-state index is 13.5. The molecule has 0 radical (unpaired) electrons. The molecule has 0 amide bonds. The number of anilines is 9. The topological polar surface area (TPSA) is 272 Å². The van der Waals surface area contributed by atoms with Crippen LogP contribution in [-0.2, 0) is 85.8 Å². The summed E-state index contributed by atoms with van der Waals surface area (Å²) in [6.45, 7) is 12.4. The summed E-state index contributed by atoms with van der Waals surface area (Å²) in [5.74, 6) is -14.6. The summed E-state index contributed by atoms with van der Waals surface area (Å²) in [5.41, 5.74) is 6.03. The van der Waals surface area contributed by atoms with E-state index < -0.39 is 95.2 Å². The van der Waals surface area contributed by atoms with Crippen molar-refractivity contribution in [2.75, 3.05) is 58.6 Å². The SMILES string of the molecule is CC(C)(C)c1ccnc(-c2[c-]cc(F)nc2F)c1.CN(C)c1ccnc(-c2[c-]cc(F)nc2F)c1.Fc1c[c-]c(-c2ncccn2)c(F)n1.Fc1c[c-]c(-c2ncncn2)c(F)n1.Fc1c[c-]c(N2[CH-]N(c3ccccc3)C=N2)c(F)n1.Fc1c[c-]c(N2[CH-]N(c3ccccc3)C=N2)c(F)n1.Fc1c[c-]c(N2[CH-]N(c3ccccc3)C=N2)c(F)n1.Fc1c[c-]c(N2[CH-]N(c3ccccc3)C=N2)c(F)n1.[Ir+3].[Ir+3].[Ir+3].[Ir+3]. The summed E-state index contributed by atoms with van der Waals surface area (Å²) in [6.07, 6.45) is 14.6. The van der Waals surface area contributed by atoms with Crippen molar-refractivity contribution in [2.45, 2.75) is 26.2 Å². The predicted octanol–water partition coefficient (Wildman–Crippen LogP) is 18.6. The minimum absolute atomic E-state index is 0. The molecule has 28 nitrogen and oxygen atoms in total. The van der Waals surface area contributed by atoms with Crippen LogP contribution in [0.15, 0.2) is 258 Å². The molecule has 0 atom stereocenters. The molecule has 0 saturated carbocycles. The largest absolute Gasteiger partial charge is 3.00 e. The number of nitrogens with zero attached hydrogens (tertiary/aromatic N) is 28. The first-order valence-corrected chi connectivity index (χ1v) is 39.9. The molecule has 730 valence electrons.